The lowest BCUT2D eigenvalue weighted by atomic mass is 9.75. The fourth-order valence-corrected chi connectivity index (χ4v) is 1.71. The summed E-state index contributed by atoms with van der Waals surface area (Å²) in [6.45, 7) is 0.699. The van der Waals surface area contributed by atoms with E-state index in [4.69, 9.17) is 9.84 Å². The topological polar surface area (TPSA) is 46.5 Å². The van der Waals surface area contributed by atoms with E-state index in [9.17, 15) is 4.79 Å². The molecule has 0 heterocycles. The first kappa shape index (κ1) is 9.68. The lowest BCUT2D eigenvalue weighted by molar-refractivity contribution is -0.124. The third-order valence-corrected chi connectivity index (χ3v) is 2.65. The normalized spacial score (nSPS) is 22.7. The Balaban J connectivity index is 2.50. The van der Waals surface area contributed by atoms with Gasteiger partial charge in [-0.1, -0.05) is 0 Å². The molecule has 0 spiro atoms. The van der Waals surface area contributed by atoms with Crippen LogP contribution in [0.1, 0.15) is 25.7 Å². The van der Waals surface area contributed by atoms with E-state index >= 15 is 0 Å². The Morgan fingerprint density at radius 3 is 2.50 bits per heavy atom. The molecule has 1 saturated carbocycles. The predicted molar refractivity (Wildman–Crippen MR) is 44.9 cm³/mol. The van der Waals surface area contributed by atoms with E-state index in [0.717, 1.165) is 12.8 Å². The van der Waals surface area contributed by atoms with Crippen LogP contribution in [-0.2, 0) is 9.53 Å². The Hall–Kier alpha value is -0.410. The monoisotopic (exact) mass is 172 g/mol. The van der Waals surface area contributed by atoms with Crippen LogP contribution >= 0.6 is 0 Å². The van der Waals surface area contributed by atoms with Gasteiger partial charge in [-0.25, -0.2) is 0 Å². The molecule has 0 amide bonds. The first-order valence-corrected chi connectivity index (χ1v) is 4.34. The van der Waals surface area contributed by atoms with Crippen molar-refractivity contribution >= 4 is 5.78 Å². The molecular weight excluding hydrogens is 156 g/mol. The second kappa shape index (κ2) is 4.01. The van der Waals surface area contributed by atoms with Gasteiger partial charge in [-0.05, 0) is 12.8 Å². The third-order valence-electron chi connectivity index (χ3n) is 2.65. The first-order chi connectivity index (χ1) is 5.72. The molecule has 1 rings (SSSR count). The Kier molecular flexibility index (Phi) is 3.23. The second-order valence-electron chi connectivity index (χ2n) is 3.63. The molecule has 1 N–H and O–H groups in total. The Morgan fingerprint density at radius 1 is 1.50 bits per heavy atom. The summed E-state index contributed by atoms with van der Waals surface area (Å²) in [4.78, 5) is 10.9. The van der Waals surface area contributed by atoms with Crippen LogP contribution in [0, 0.1) is 5.41 Å². The Morgan fingerprint density at radius 2 is 2.08 bits per heavy atom. The van der Waals surface area contributed by atoms with E-state index in [2.05, 4.69) is 0 Å². The highest BCUT2D eigenvalue weighted by atomic mass is 16.5. The van der Waals surface area contributed by atoms with Crippen LogP contribution in [0.5, 0.6) is 0 Å². The van der Waals surface area contributed by atoms with E-state index in [0.29, 0.717) is 25.2 Å². The number of ether oxygens (including phenoxy) is 1. The Bertz CT molecular complexity index is 155. The molecule has 0 saturated heterocycles. The molecule has 1 aliphatic rings. The highest BCUT2D eigenvalue weighted by Gasteiger charge is 2.33. The predicted octanol–water partition coefficient (Wildman–Crippen LogP) is 0.755. The molecule has 0 aromatic rings. The molecule has 0 radical (unpaired) electrons. The van der Waals surface area contributed by atoms with Crippen molar-refractivity contribution in [2.24, 2.45) is 5.41 Å². The van der Waals surface area contributed by atoms with E-state index in [1.54, 1.807) is 7.11 Å². The number of rotatable bonds is 3. The number of Topliss-reactive ketones (excluding diaryl/α,β-unsaturated/α-hetero) is 1. The van der Waals surface area contributed by atoms with E-state index in [1.165, 1.54) is 0 Å². The van der Waals surface area contributed by atoms with Gasteiger partial charge in [0.25, 0.3) is 0 Å². The summed E-state index contributed by atoms with van der Waals surface area (Å²) < 4.78 is 5.04. The summed E-state index contributed by atoms with van der Waals surface area (Å²) in [5.41, 5.74) is -0.136. The average Bonchev–Trinajstić information content (AvgIpc) is 2.10. The lowest BCUT2D eigenvalue weighted by Gasteiger charge is -2.34. The molecule has 70 valence electrons. The molecule has 0 unspecified atom stereocenters. The van der Waals surface area contributed by atoms with Crippen LogP contribution in [0.25, 0.3) is 0 Å². The maximum Gasteiger partial charge on any atom is 0.132 e. The van der Waals surface area contributed by atoms with Gasteiger partial charge in [-0.15, -0.1) is 0 Å². The lowest BCUT2D eigenvalue weighted by Crippen LogP contribution is -2.35. The molecule has 0 atom stereocenters. The average molecular weight is 172 g/mol. The fourth-order valence-electron chi connectivity index (χ4n) is 1.71. The van der Waals surface area contributed by atoms with Crippen LogP contribution in [0.2, 0.25) is 0 Å². The molecule has 1 aliphatic carbocycles. The van der Waals surface area contributed by atoms with Gasteiger partial charge in [0, 0.05) is 25.4 Å². The van der Waals surface area contributed by atoms with Gasteiger partial charge in [0.2, 0.25) is 0 Å². The number of aliphatic hydroxyl groups is 1. The number of aliphatic hydroxyl groups excluding tert-OH is 1. The van der Waals surface area contributed by atoms with Crippen molar-refractivity contribution in [2.75, 3.05) is 20.3 Å². The fraction of sp³-hybridized carbons (Fsp3) is 0.889. The van der Waals surface area contributed by atoms with Crippen LogP contribution in [0.15, 0.2) is 0 Å². The standard InChI is InChI=1S/C9H16O3/c1-12-7-9(6-10)4-2-8(11)3-5-9/h10H,2-7H2,1H3. The van der Waals surface area contributed by atoms with Gasteiger partial charge in [-0.3, -0.25) is 4.79 Å². The van der Waals surface area contributed by atoms with Gasteiger partial charge in [-0.2, -0.15) is 0 Å². The van der Waals surface area contributed by atoms with Crippen molar-refractivity contribution in [3.63, 3.8) is 0 Å². The van der Waals surface area contributed by atoms with Crippen LogP contribution < -0.4 is 0 Å². The summed E-state index contributed by atoms with van der Waals surface area (Å²) in [5, 5.41) is 9.17. The maximum atomic E-state index is 10.9. The minimum absolute atomic E-state index is 0.133. The van der Waals surface area contributed by atoms with E-state index in [1.807, 2.05) is 0 Å². The molecular formula is C9H16O3. The molecule has 0 bridgehead atoms. The molecule has 0 aromatic carbocycles. The quantitative estimate of drug-likeness (QED) is 0.683. The van der Waals surface area contributed by atoms with Gasteiger partial charge in [0.15, 0.2) is 0 Å². The zero-order valence-corrected chi connectivity index (χ0v) is 7.51. The van der Waals surface area contributed by atoms with E-state index < -0.39 is 0 Å². The summed E-state index contributed by atoms with van der Waals surface area (Å²) in [5.74, 6) is 0.315. The highest BCUT2D eigenvalue weighted by molar-refractivity contribution is 5.79. The van der Waals surface area contributed by atoms with Crippen molar-refractivity contribution in [1.29, 1.82) is 0 Å². The summed E-state index contributed by atoms with van der Waals surface area (Å²) in [6.07, 6.45) is 2.75. The maximum absolute atomic E-state index is 10.9. The Labute approximate surface area is 72.7 Å². The number of hydrogen-bond donors (Lipinski definition) is 1. The van der Waals surface area contributed by atoms with Gasteiger partial charge in [0.05, 0.1) is 13.2 Å². The summed E-state index contributed by atoms with van der Waals surface area (Å²) >= 11 is 0. The molecule has 12 heavy (non-hydrogen) atoms. The van der Waals surface area contributed by atoms with Crippen molar-refractivity contribution in [1.82, 2.24) is 0 Å². The second-order valence-corrected chi connectivity index (χ2v) is 3.63. The number of hydrogen-bond acceptors (Lipinski definition) is 3. The van der Waals surface area contributed by atoms with Gasteiger partial charge < -0.3 is 9.84 Å². The molecule has 0 aromatic heterocycles. The molecule has 3 heteroatoms. The minimum atomic E-state index is -0.136. The SMILES string of the molecule is COCC1(CO)CCC(=O)CC1. The molecule has 1 fully saturated rings. The summed E-state index contributed by atoms with van der Waals surface area (Å²) in [7, 11) is 1.63. The smallest absolute Gasteiger partial charge is 0.132 e. The van der Waals surface area contributed by atoms with Crippen LogP contribution in [0.4, 0.5) is 0 Å². The first-order valence-electron chi connectivity index (χ1n) is 4.34. The third kappa shape index (κ3) is 2.05. The highest BCUT2D eigenvalue weighted by Crippen LogP contribution is 2.34. The molecule has 3 nitrogen and oxygen atoms in total. The van der Waals surface area contributed by atoms with Crippen molar-refractivity contribution in [2.45, 2.75) is 25.7 Å². The minimum Gasteiger partial charge on any atom is -0.396 e. The van der Waals surface area contributed by atoms with Gasteiger partial charge >= 0.3 is 0 Å². The van der Waals surface area contributed by atoms with Crippen molar-refractivity contribution < 1.29 is 14.6 Å². The number of methoxy groups -OCH3 is 1. The zero-order chi connectivity index (χ0) is 9.03. The van der Waals surface area contributed by atoms with Crippen LogP contribution in [0.3, 0.4) is 0 Å². The summed E-state index contributed by atoms with van der Waals surface area (Å²) in [6, 6.07) is 0. The van der Waals surface area contributed by atoms with Crippen molar-refractivity contribution in [3.05, 3.63) is 0 Å². The molecule has 0 aliphatic heterocycles. The number of carbonyl (C=O) groups excluding carboxylic acids is 1. The largest absolute Gasteiger partial charge is 0.396 e. The van der Waals surface area contributed by atoms with Gasteiger partial charge in [0.1, 0.15) is 5.78 Å². The van der Waals surface area contributed by atoms with Crippen molar-refractivity contribution in [3.8, 4) is 0 Å². The van der Waals surface area contributed by atoms with E-state index in [-0.39, 0.29) is 12.0 Å². The number of carbonyl (C=O) groups is 1. The zero-order valence-electron chi connectivity index (χ0n) is 7.51. The number of ketones is 1. The van der Waals surface area contributed by atoms with Crippen LogP contribution in [-0.4, -0.2) is 31.2 Å².